The molecule has 0 bridgehead atoms. The number of rotatable bonds is 5. The molecule has 1 fully saturated rings. The van der Waals surface area contributed by atoms with Crippen molar-refractivity contribution < 1.29 is 4.79 Å². The molecule has 3 N–H and O–H groups in total. The highest BCUT2D eigenvalue weighted by Gasteiger charge is 2.19. The number of carbonyl (C=O) groups excluding carboxylic acids is 1. The minimum absolute atomic E-state index is 0.0421. The maximum atomic E-state index is 12.1. The van der Waals surface area contributed by atoms with Gasteiger partial charge in [-0.05, 0) is 43.7 Å². The van der Waals surface area contributed by atoms with Crippen LogP contribution < -0.4 is 11.1 Å². The Hall–Kier alpha value is -1.04. The maximum Gasteiger partial charge on any atom is 0.234 e. The minimum Gasteiger partial charge on any atom is -0.348 e. The predicted octanol–water partition coefficient (Wildman–Crippen LogP) is 2.01. The number of hydrogen-bond acceptors (Lipinski definition) is 4. The van der Waals surface area contributed by atoms with Crippen LogP contribution in [0.15, 0.2) is 29.2 Å². The summed E-state index contributed by atoms with van der Waals surface area (Å²) < 4.78 is 0. The van der Waals surface area contributed by atoms with E-state index >= 15 is 0 Å². The molecular weight excluding hydrogens is 282 g/mol. The van der Waals surface area contributed by atoms with E-state index in [-0.39, 0.29) is 11.9 Å². The molecular formula is C16H25N3OS. The van der Waals surface area contributed by atoms with Gasteiger partial charge in [0.1, 0.15) is 0 Å². The first-order valence-electron chi connectivity index (χ1n) is 7.49. The molecule has 21 heavy (non-hydrogen) atoms. The van der Waals surface area contributed by atoms with Crippen LogP contribution >= 0.6 is 11.8 Å². The first-order chi connectivity index (χ1) is 10.1. The van der Waals surface area contributed by atoms with Gasteiger partial charge in [-0.1, -0.05) is 12.1 Å². The van der Waals surface area contributed by atoms with E-state index in [4.69, 9.17) is 5.73 Å². The Morgan fingerprint density at radius 2 is 2.00 bits per heavy atom. The van der Waals surface area contributed by atoms with E-state index in [9.17, 15) is 4.79 Å². The van der Waals surface area contributed by atoms with E-state index in [2.05, 4.69) is 40.7 Å². The number of piperidine rings is 1. The standard InChI is InChI=1S/C16H25N3OS/c1-12(13-3-5-15(21-2)6-4-13)18-16(20)11-19-9-7-14(17)8-10-19/h3-6,12,14H,7-11,17H2,1-2H3,(H,18,20). The number of likely N-dealkylation sites (tertiary alicyclic amines) is 1. The van der Waals surface area contributed by atoms with Crippen LogP contribution in [-0.2, 0) is 4.79 Å². The van der Waals surface area contributed by atoms with E-state index < -0.39 is 0 Å². The number of nitrogens with zero attached hydrogens (tertiary/aromatic N) is 1. The zero-order valence-electron chi connectivity index (χ0n) is 12.8. The van der Waals surface area contributed by atoms with Gasteiger partial charge in [-0.2, -0.15) is 0 Å². The van der Waals surface area contributed by atoms with Gasteiger partial charge in [0.25, 0.3) is 0 Å². The summed E-state index contributed by atoms with van der Waals surface area (Å²) in [5, 5.41) is 3.07. The van der Waals surface area contributed by atoms with Gasteiger partial charge >= 0.3 is 0 Å². The molecule has 0 saturated carbocycles. The Morgan fingerprint density at radius 3 is 2.57 bits per heavy atom. The molecule has 1 amide bonds. The summed E-state index contributed by atoms with van der Waals surface area (Å²) in [4.78, 5) is 15.5. The summed E-state index contributed by atoms with van der Waals surface area (Å²) in [5.74, 6) is 0.0897. The number of nitrogens with two attached hydrogens (primary N) is 1. The second kappa shape index (κ2) is 7.82. The summed E-state index contributed by atoms with van der Waals surface area (Å²) in [5.41, 5.74) is 7.02. The Kier molecular flexibility index (Phi) is 6.08. The fraction of sp³-hybridized carbons (Fsp3) is 0.562. The largest absolute Gasteiger partial charge is 0.348 e. The monoisotopic (exact) mass is 307 g/mol. The van der Waals surface area contributed by atoms with Crippen LogP contribution in [-0.4, -0.2) is 42.7 Å². The van der Waals surface area contributed by atoms with Gasteiger partial charge in [-0.15, -0.1) is 11.8 Å². The van der Waals surface area contributed by atoms with Crippen LogP contribution in [0.2, 0.25) is 0 Å². The van der Waals surface area contributed by atoms with Crippen molar-refractivity contribution in [2.45, 2.75) is 36.7 Å². The van der Waals surface area contributed by atoms with Crippen molar-refractivity contribution in [3.05, 3.63) is 29.8 Å². The third-order valence-electron chi connectivity index (χ3n) is 3.99. The lowest BCUT2D eigenvalue weighted by atomic mass is 10.1. The van der Waals surface area contributed by atoms with Gasteiger partial charge in [-0.3, -0.25) is 9.69 Å². The number of carbonyl (C=O) groups is 1. The van der Waals surface area contributed by atoms with Crippen molar-refractivity contribution in [2.75, 3.05) is 25.9 Å². The van der Waals surface area contributed by atoms with Gasteiger partial charge in [0.15, 0.2) is 0 Å². The molecule has 0 aliphatic carbocycles. The number of amides is 1. The molecule has 1 unspecified atom stereocenters. The zero-order chi connectivity index (χ0) is 15.2. The second-order valence-corrected chi connectivity index (χ2v) is 6.56. The summed E-state index contributed by atoms with van der Waals surface area (Å²) in [6.45, 7) is 4.34. The molecule has 0 spiro atoms. The Balaban J connectivity index is 1.81. The molecule has 1 aliphatic heterocycles. The zero-order valence-corrected chi connectivity index (χ0v) is 13.7. The van der Waals surface area contributed by atoms with Crippen molar-refractivity contribution in [2.24, 2.45) is 5.73 Å². The topological polar surface area (TPSA) is 58.4 Å². The molecule has 1 atom stereocenters. The van der Waals surface area contributed by atoms with Crippen LogP contribution in [0, 0.1) is 0 Å². The SMILES string of the molecule is CSc1ccc(C(C)NC(=O)CN2CCC(N)CC2)cc1. The average molecular weight is 307 g/mol. The lowest BCUT2D eigenvalue weighted by Crippen LogP contribution is -2.44. The number of nitrogens with one attached hydrogen (secondary N) is 1. The van der Waals surface area contributed by atoms with Crippen LogP contribution in [0.1, 0.15) is 31.4 Å². The van der Waals surface area contributed by atoms with E-state index in [0.717, 1.165) is 31.5 Å². The normalized spacial score (nSPS) is 18.4. The van der Waals surface area contributed by atoms with E-state index in [1.165, 1.54) is 4.90 Å². The lowest BCUT2D eigenvalue weighted by Gasteiger charge is -2.29. The van der Waals surface area contributed by atoms with Crippen LogP contribution in [0.5, 0.6) is 0 Å². The molecule has 1 aliphatic rings. The lowest BCUT2D eigenvalue weighted by molar-refractivity contribution is -0.123. The van der Waals surface area contributed by atoms with Gasteiger partial charge in [0.05, 0.1) is 12.6 Å². The van der Waals surface area contributed by atoms with Crippen molar-refractivity contribution in [1.82, 2.24) is 10.2 Å². The van der Waals surface area contributed by atoms with Crippen LogP contribution in [0.4, 0.5) is 0 Å². The summed E-state index contributed by atoms with van der Waals surface area (Å²) in [7, 11) is 0. The molecule has 1 aromatic rings. The summed E-state index contributed by atoms with van der Waals surface area (Å²) in [6, 6.07) is 8.69. The second-order valence-electron chi connectivity index (χ2n) is 5.68. The first kappa shape index (κ1) is 16.3. The van der Waals surface area contributed by atoms with Crippen molar-refractivity contribution in [3.63, 3.8) is 0 Å². The van der Waals surface area contributed by atoms with Crippen molar-refractivity contribution in [1.29, 1.82) is 0 Å². The van der Waals surface area contributed by atoms with E-state index in [0.29, 0.717) is 12.6 Å². The number of hydrogen-bond donors (Lipinski definition) is 2. The summed E-state index contributed by atoms with van der Waals surface area (Å²) >= 11 is 1.72. The molecule has 1 saturated heterocycles. The van der Waals surface area contributed by atoms with Crippen LogP contribution in [0.3, 0.4) is 0 Å². The van der Waals surface area contributed by atoms with Gasteiger partial charge in [0, 0.05) is 24.0 Å². The van der Waals surface area contributed by atoms with Crippen molar-refractivity contribution >= 4 is 17.7 Å². The number of thioether (sulfide) groups is 1. The molecule has 4 nitrogen and oxygen atoms in total. The molecule has 0 radical (unpaired) electrons. The average Bonchev–Trinajstić information content (AvgIpc) is 2.49. The van der Waals surface area contributed by atoms with Crippen LogP contribution in [0.25, 0.3) is 0 Å². The minimum atomic E-state index is 0.0421. The third-order valence-corrected chi connectivity index (χ3v) is 4.74. The Bertz CT molecular complexity index is 455. The Labute approximate surface area is 131 Å². The predicted molar refractivity (Wildman–Crippen MR) is 88.4 cm³/mol. The quantitative estimate of drug-likeness (QED) is 0.817. The molecule has 1 aromatic carbocycles. The smallest absolute Gasteiger partial charge is 0.234 e. The highest BCUT2D eigenvalue weighted by atomic mass is 32.2. The van der Waals surface area contributed by atoms with Gasteiger partial charge < -0.3 is 11.1 Å². The van der Waals surface area contributed by atoms with Gasteiger partial charge in [0.2, 0.25) is 5.91 Å². The molecule has 116 valence electrons. The fourth-order valence-corrected chi connectivity index (χ4v) is 2.99. The fourth-order valence-electron chi connectivity index (χ4n) is 2.58. The molecule has 1 heterocycles. The number of benzene rings is 1. The highest BCUT2D eigenvalue weighted by molar-refractivity contribution is 7.98. The first-order valence-corrected chi connectivity index (χ1v) is 8.72. The molecule has 0 aromatic heterocycles. The van der Waals surface area contributed by atoms with Gasteiger partial charge in [-0.25, -0.2) is 0 Å². The van der Waals surface area contributed by atoms with Crippen molar-refractivity contribution in [3.8, 4) is 0 Å². The highest BCUT2D eigenvalue weighted by Crippen LogP contribution is 2.19. The summed E-state index contributed by atoms with van der Waals surface area (Å²) in [6.07, 6.45) is 4.03. The molecule has 5 heteroatoms. The maximum absolute atomic E-state index is 12.1. The molecule has 2 rings (SSSR count). The van der Waals surface area contributed by atoms with E-state index in [1.54, 1.807) is 11.8 Å². The van der Waals surface area contributed by atoms with E-state index in [1.807, 2.05) is 6.92 Å². The Morgan fingerprint density at radius 1 is 1.38 bits per heavy atom. The third kappa shape index (κ3) is 5.02.